The Kier molecular flexibility index (Phi) is 4.18. The quantitative estimate of drug-likeness (QED) is 0.847. The molecular formula is C16H26N2. The van der Waals surface area contributed by atoms with Gasteiger partial charge in [0.2, 0.25) is 0 Å². The number of aromatic nitrogens is 1. The van der Waals surface area contributed by atoms with E-state index in [0.717, 1.165) is 18.5 Å². The van der Waals surface area contributed by atoms with Gasteiger partial charge in [0, 0.05) is 13.2 Å². The van der Waals surface area contributed by atoms with Crippen LogP contribution < -0.4 is 5.73 Å². The molecule has 0 amide bonds. The lowest BCUT2D eigenvalue weighted by molar-refractivity contribution is 0.729. The van der Waals surface area contributed by atoms with Crippen LogP contribution in [-0.2, 0) is 5.54 Å². The molecule has 2 N–H and O–H groups in total. The second-order valence-corrected chi connectivity index (χ2v) is 5.06. The fourth-order valence-corrected chi connectivity index (χ4v) is 2.41. The summed E-state index contributed by atoms with van der Waals surface area (Å²) >= 11 is 0. The van der Waals surface area contributed by atoms with Gasteiger partial charge in [0.1, 0.15) is 0 Å². The van der Waals surface area contributed by atoms with Crippen molar-refractivity contribution >= 4 is 5.57 Å². The molecule has 0 aliphatic heterocycles. The predicted molar refractivity (Wildman–Crippen MR) is 79.2 cm³/mol. The van der Waals surface area contributed by atoms with Gasteiger partial charge in [-0.1, -0.05) is 19.9 Å². The number of hydrogen-bond acceptors (Lipinski definition) is 2. The third-order valence-electron chi connectivity index (χ3n) is 3.74. The summed E-state index contributed by atoms with van der Waals surface area (Å²) in [5.41, 5.74) is 10.0. The number of rotatable bonds is 2. The van der Waals surface area contributed by atoms with Crippen LogP contribution in [0.4, 0.5) is 0 Å². The molecule has 2 aliphatic carbocycles. The zero-order chi connectivity index (χ0) is 13.0. The molecule has 0 aromatic carbocycles. The molecule has 2 nitrogen and oxygen atoms in total. The van der Waals surface area contributed by atoms with Crippen LogP contribution in [-0.4, -0.2) is 4.98 Å². The first-order valence-electron chi connectivity index (χ1n) is 7.23. The first-order chi connectivity index (χ1) is 8.78. The zero-order valence-corrected chi connectivity index (χ0v) is 11.6. The molecule has 0 radical (unpaired) electrons. The molecule has 18 heavy (non-hydrogen) atoms. The second-order valence-electron chi connectivity index (χ2n) is 5.06. The van der Waals surface area contributed by atoms with Gasteiger partial charge in [-0.3, -0.25) is 4.98 Å². The molecule has 1 saturated carbocycles. The highest BCUT2D eigenvalue weighted by atomic mass is 14.8. The fourth-order valence-electron chi connectivity index (χ4n) is 2.41. The first-order valence-corrected chi connectivity index (χ1v) is 7.23. The molecule has 1 aromatic heterocycles. The van der Waals surface area contributed by atoms with Crippen molar-refractivity contribution in [2.45, 2.75) is 57.9 Å². The molecule has 2 heteroatoms. The maximum absolute atomic E-state index is 6.22. The summed E-state index contributed by atoms with van der Waals surface area (Å²) < 4.78 is 0. The van der Waals surface area contributed by atoms with Crippen LogP contribution in [0.15, 0.2) is 24.4 Å². The molecular weight excluding hydrogens is 220 g/mol. The summed E-state index contributed by atoms with van der Waals surface area (Å²) in [4.78, 5) is 4.48. The molecule has 0 unspecified atom stereocenters. The molecule has 100 valence electrons. The molecule has 1 aromatic rings. The predicted octanol–water partition coefficient (Wildman–Crippen LogP) is 4.26. The van der Waals surface area contributed by atoms with E-state index < -0.39 is 0 Å². The minimum Gasteiger partial charge on any atom is -0.321 e. The standard InChI is InChI=1S/C14H18N2.C2H6.H2/c15-14(7-8-14)12-6-9-16-13(10-12)11-4-2-1-3-5-11;1-2;/h4,6,9-10H,1-3,5,7-8,15H2;1-2H3;1H. The number of nitrogens with zero attached hydrogens (tertiary/aromatic N) is 1. The second kappa shape index (κ2) is 5.66. The van der Waals surface area contributed by atoms with E-state index in [0.29, 0.717) is 0 Å². The van der Waals surface area contributed by atoms with Crippen LogP contribution in [0.2, 0.25) is 0 Å². The number of allylic oxidation sites excluding steroid dienone is 2. The van der Waals surface area contributed by atoms with Crippen molar-refractivity contribution in [2.24, 2.45) is 5.73 Å². The summed E-state index contributed by atoms with van der Waals surface area (Å²) in [5.74, 6) is 0. The van der Waals surface area contributed by atoms with Gasteiger partial charge in [0.05, 0.1) is 5.69 Å². The van der Waals surface area contributed by atoms with E-state index in [1.807, 2.05) is 20.0 Å². The Morgan fingerprint density at radius 3 is 2.67 bits per heavy atom. The fraction of sp³-hybridized carbons (Fsp3) is 0.562. The molecule has 1 heterocycles. The van der Waals surface area contributed by atoms with E-state index in [1.165, 1.54) is 36.8 Å². The van der Waals surface area contributed by atoms with Gasteiger partial charge >= 0.3 is 0 Å². The van der Waals surface area contributed by atoms with Gasteiger partial charge in [0.15, 0.2) is 0 Å². The normalized spacial score (nSPS) is 20.5. The van der Waals surface area contributed by atoms with Gasteiger partial charge < -0.3 is 5.73 Å². The average molecular weight is 246 g/mol. The van der Waals surface area contributed by atoms with E-state index in [9.17, 15) is 0 Å². The lowest BCUT2D eigenvalue weighted by Crippen LogP contribution is -2.18. The van der Waals surface area contributed by atoms with Crippen molar-refractivity contribution in [1.82, 2.24) is 4.98 Å². The average Bonchev–Trinajstić information content (AvgIpc) is 3.22. The van der Waals surface area contributed by atoms with E-state index in [-0.39, 0.29) is 6.97 Å². The highest BCUT2D eigenvalue weighted by Gasteiger charge is 2.40. The maximum Gasteiger partial charge on any atom is 0.0661 e. The first kappa shape index (κ1) is 13.3. The maximum atomic E-state index is 6.22. The van der Waals surface area contributed by atoms with Gasteiger partial charge in [-0.2, -0.15) is 0 Å². The van der Waals surface area contributed by atoms with Gasteiger partial charge in [-0.25, -0.2) is 0 Å². The summed E-state index contributed by atoms with van der Waals surface area (Å²) in [6.45, 7) is 4.00. The molecule has 0 atom stereocenters. The van der Waals surface area contributed by atoms with Crippen LogP contribution in [0, 0.1) is 0 Å². The third kappa shape index (κ3) is 2.81. The van der Waals surface area contributed by atoms with Crippen molar-refractivity contribution in [2.75, 3.05) is 0 Å². The van der Waals surface area contributed by atoms with Crippen molar-refractivity contribution in [3.63, 3.8) is 0 Å². The van der Waals surface area contributed by atoms with Crippen LogP contribution in [0.1, 0.15) is 65.1 Å². The molecule has 2 aliphatic rings. The third-order valence-corrected chi connectivity index (χ3v) is 3.74. The number of nitrogens with two attached hydrogens (primary N) is 1. The minimum absolute atomic E-state index is 0. The van der Waals surface area contributed by atoms with E-state index in [1.54, 1.807) is 0 Å². The van der Waals surface area contributed by atoms with Gasteiger partial charge in [-0.15, -0.1) is 0 Å². The summed E-state index contributed by atoms with van der Waals surface area (Å²) in [5, 5.41) is 0. The molecule has 0 saturated heterocycles. The highest BCUT2D eigenvalue weighted by molar-refractivity contribution is 5.64. The Hall–Kier alpha value is -1.15. The Labute approximate surface area is 112 Å². The van der Waals surface area contributed by atoms with Crippen molar-refractivity contribution in [3.8, 4) is 0 Å². The Balaban J connectivity index is 0.000000576. The lowest BCUT2D eigenvalue weighted by atomic mass is 9.95. The SMILES string of the molecule is CC.NC1(c2ccnc(C3=CCCCC3)c2)CC1.[HH]. The Morgan fingerprint density at radius 2 is 2.06 bits per heavy atom. The number of hydrogen-bond donors (Lipinski definition) is 1. The highest BCUT2D eigenvalue weighted by Crippen LogP contribution is 2.43. The largest absolute Gasteiger partial charge is 0.321 e. The van der Waals surface area contributed by atoms with Crippen LogP contribution in [0.5, 0.6) is 0 Å². The Bertz CT molecular complexity index is 436. The zero-order valence-electron chi connectivity index (χ0n) is 11.6. The molecule has 1 fully saturated rings. The Morgan fingerprint density at radius 1 is 1.28 bits per heavy atom. The van der Waals surface area contributed by atoms with Crippen molar-refractivity contribution < 1.29 is 1.43 Å². The lowest BCUT2D eigenvalue weighted by Gasteiger charge is -2.14. The summed E-state index contributed by atoms with van der Waals surface area (Å²) in [6, 6.07) is 4.27. The smallest absolute Gasteiger partial charge is 0.0661 e. The van der Waals surface area contributed by atoms with E-state index in [2.05, 4.69) is 23.2 Å². The van der Waals surface area contributed by atoms with Crippen LogP contribution >= 0.6 is 0 Å². The van der Waals surface area contributed by atoms with Crippen LogP contribution in [0.25, 0.3) is 5.57 Å². The number of pyridine rings is 1. The minimum atomic E-state index is -0.0348. The topological polar surface area (TPSA) is 38.9 Å². The van der Waals surface area contributed by atoms with E-state index in [4.69, 9.17) is 5.73 Å². The van der Waals surface area contributed by atoms with Gasteiger partial charge in [-0.05, 0) is 61.8 Å². The van der Waals surface area contributed by atoms with Crippen molar-refractivity contribution in [3.05, 3.63) is 35.7 Å². The van der Waals surface area contributed by atoms with Crippen molar-refractivity contribution in [1.29, 1.82) is 0 Å². The summed E-state index contributed by atoms with van der Waals surface area (Å²) in [7, 11) is 0. The molecule has 0 bridgehead atoms. The van der Waals surface area contributed by atoms with Gasteiger partial charge in [0.25, 0.3) is 0 Å². The van der Waals surface area contributed by atoms with Crippen LogP contribution in [0.3, 0.4) is 0 Å². The summed E-state index contributed by atoms with van der Waals surface area (Å²) in [6.07, 6.45) is 11.5. The van der Waals surface area contributed by atoms with E-state index >= 15 is 0 Å². The molecule has 0 spiro atoms. The molecule has 3 rings (SSSR count). The monoisotopic (exact) mass is 246 g/mol.